The molecule has 0 radical (unpaired) electrons. The first-order valence-electron chi connectivity index (χ1n) is 11.5. The number of aromatic nitrogens is 2. The molecule has 2 aromatic carbocycles. The Morgan fingerprint density at radius 3 is 2.28 bits per heavy atom. The molecule has 3 aromatic rings. The average molecular weight is 393 g/mol. The van der Waals surface area contributed by atoms with Gasteiger partial charge in [-0.25, -0.2) is 4.68 Å². The van der Waals surface area contributed by atoms with E-state index in [1.54, 1.807) is 0 Å². The van der Waals surface area contributed by atoms with Crippen molar-refractivity contribution in [1.29, 1.82) is 0 Å². The van der Waals surface area contributed by atoms with Crippen LogP contribution in [0.4, 0.5) is 0 Å². The van der Waals surface area contributed by atoms with Crippen LogP contribution in [0, 0.1) is 0 Å². The number of fused-ring (bicyclic) bond motifs is 1. The van der Waals surface area contributed by atoms with Crippen molar-refractivity contribution in [3.8, 4) is 11.4 Å². The van der Waals surface area contributed by atoms with Gasteiger partial charge in [0.25, 0.3) is 0 Å². The maximum atomic E-state index is 5.97. The lowest BCUT2D eigenvalue weighted by molar-refractivity contribution is 0.304. The molecule has 0 unspecified atom stereocenters. The molecule has 3 nitrogen and oxygen atoms in total. The molecule has 0 saturated heterocycles. The lowest BCUT2D eigenvalue weighted by atomic mass is 10.1. The molecule has 0 saturated carbocycles. The third-order valence-electron chi connectivity index (χ3n) is 5.51. The fraction of sp³-hybridized carbons (Fsp3) is 0.500. The average Bonchev–Trinajstić information content (AvgIpc) is 3.18. The quantitative estimate of drug-likeness (QED) is 0.282. The molecule has 0 aliphatic carbocycles. The van der Waals surface area contributed by atoms with E-state index in [0.29, 0.717) is 0 Å². The molecule has 0 atom stereocenters. The van der Waals surface area contributed by atoms with E-state index in [1.165, 1.54) is 56.9 Å². The molecule has 0 aliphatic heterocycles. The van der Waals surface area contributed by atoms with Crippen molar-refractivity contribution in [2.45, 2.75) is 78.1 Å². The molecule has 0 N–H and O–H groups in total. The van der Waals surface area contributed by atoms with Crippen LogP contribution < -0.4 is 4.74 Å². The van der Waals surface area contributed by atoms with Gasteiger partial charge in [0, 0.05) is 11.6 Å². The molecule has 0 amide bonds. The molecular formula is C26H36N2O. The third kappa shape index (κ3) is 6.62. The Balaban J connectivity index is 1.52. The summed E-state index contributed by atoms with van der Waals surface area (Å²) in [5.74, 6) is 0.943. The smallest absolute Gasteiger partial charge is 0.120 e. The summed E-state index contributed by atoms with van der Waals surface area (Å²) in [7, 11) is 0. The zero-order valence-electron chi connectivity index (χ0n) is 18.2. The van der Waals surface area contributed by atoms with E-state index in [0.717, 1.165) is 41.8 Å². The zero-order valence-corrected chi connectivity index (χ0v) is 18.2. The Labute approximate surface area is 176 Å². The summed E-state index contributed by atoms with van der Waals surface area (Å²) in [5.41, 5.74) is 3.50. The van der Waals surface area contributed by atoms with Gasteiger partial charge >= 0.3 is 0 Å². The van der Waals surface area contributed by atoms with E-state index >= 15 is 0 Å². The minimum atomic E-state index is 0.798. The summed E-state index contributed by atoms with van der Waals surface area (Å²) < 4.78 is 7.94. The van der Waals surface area contributed by atoms with Crippen LogP contribution in [0.25, 0.3) is 16.6 Å². The number of benzene rings is 2. The van der Waals surface area contributed by atoms with Crippen LogP contribution in [-0.2, 0) is 6.42 Å². The standard InChI is InChI=1S/C26H36N2O/c1-3-5-7-8-9-10-11-19-29-25-17-18-26-23(20-25)21-28(27-26)24-15-13-22(14-16-24)12-6-4-2/h13-18,20-21H,3-12,19H2,1-2H3. The predicted molar refractivity (Wildman–Crippen MR) is 123 cm³/mol. The fourth-order valence-electron chi connectivity index (χ4n) is 3.67. The van der Waals surface area contributed by atoms with Gasteiger partial charge in [-0.15, -0.1) is 0 Å². The number of aryl methyl sites for hydroxylation is 1. The lowest BCUT2D eigenvalue weighted by Crippen LogP contribution is -1.97. The molecular weight excluding hydrogens is 356 g/mol. The fourth-order valence-corrected chi connectivity index (χ4v) is 3.67. The molecule has 0 aliphatic rings. The second kappa shape index (κ2) is 11.6. The Bertz CT molecular complexity index is 851. The van der Waals surface area contributed by atoms with Crippen LogP contribution in [0.15, 0.2) is 48.7 Å². The number of nitrogens with zero attached hydrogens (tertiary/aromatic N) is 2. The highest BCUT2D eigenvalue weighted by Crippen LogP contribution is 2.22. The molecule has 3 heteroatoms. The van der Waals surface area contributed by atoms with Crippen molar-refractivity contribution < 1.29 is 4.74 Å². The normalized spacial score (nSPS) is 11.2. The Kier molecular flexibility index (Phi) is 8.60. The van der Waals surface area contributed by atoms with Gasteiger partial charge in [-0.05, 0) is 55.2 Å². The van der Waals surface area contributed by atoms with Gasteiger partial charge in [0.05, 0.1) is 17.8 Å². The van der Waals surface area contributed by atoms with Crippen molar-refractivity contribution >= 4 is 10.9 Å². The summed E-state index contributed by atoms with van der Waals surface area (Å²) in [4.78, 5) is 0. The summed E-state index contributed by atoms with van der Waals surface area (Å²) in [6.45, 7) is 5.29. The third-order valence-corrected chi connectivity index (χ3v) is 5.51. The minimum absolute atomic E-state index is 0.798. The van der Waals surface area contributed by atoms with Crippen molar-refractivity contribution in [3.63, 3.8) is 0 Å². The number of ether oxygens (including phenoxy) is 1. The number of unbranched alkanes of at least 4 members (excludes halogenated alkanes) is 7. The van der Waals surface area contributed by atoms with Crippen molar-refractivity contribution in [1.82, 2.24) is 9.78 Å². The minimum Gasteiger partial charge on any atom is -0.494 e. The van der Waals surface area contributed by atoms with Gasteiger partial charge in [-0.1, -0.05) is 70.9 Å². The highest BCUT2D eigenvalue weighted by atomic mass is 16.5. The van der Waals surface area contributed by atoms with Crippen LogP contribution in [0.3, 0.4) is 0 Å². The van der Waals surface area contributed by atoms with Crippen molar-refractivity contribution in [2.75, 3.05) is 6.61 Å². The summed E-state index contributed by atoms with van der Waals surface area (Å²) >= 11 is 0. The molecule has 1 aromatic heterocycles. The Hall–Kier alpha value is -2.29. The van der Waals surface area contributed by atoms with E-state index in [1.807, 2.05) is 10.7 Å². The van der Waals surface area contributed by atoms with Crippen LogP contribution in [0.1, 0.15) is 77.2 Å². The monoisotopic (exact) mass is 392 g/mol. The van der Waals surface area contributed by atoms with Gasteiger partial charge in [-0.3, -0.25) is 0 Å². The SMILES string of the molecule is CCCCCCCCCOc1ccc2nn(-c3ccc(CCCC)cc3)cc2c1. The number of rotatable bonds is 13. The zero-order chi connectivity index (χ0) is 20.3. The van der Waals surface area contributed by atoms with E-state index in [9.17, 15) is 0 Å². The second-order valence-corrected chi connectivity index (χ2v) is 8.03. The Morgan fingerprint density at radius 1 is 0.793 bits per heavy atom. The first kappa shape index (κ1) is 21.4. The van der Waals surface area contributed by atoms with Gasteiger partial charge in [0.15, 0.2) is 0 Å². The van der Waals surface area contributed by atoms with Gasteiger partial charge < -0.3 is 4.74 Å². The predicted octanol–water partition coefficient (Wildman–Crippen LogP) is 7.50. The first-order chi connectivity index (χ1) is 14.3. The van der Waals surface area contributed by atoms with Gasteiger partial charge in [-0.2, -0.15) is 5.10 Å². The molecule has 0 spiro atoms. The summed E-state index contributed by atoms with van der Waals surface area (Å²) in [6.07, 6.45) is 14.9. The summed E-state index contributed by atoms with van der Waals surface area (Å²) in [6, 6.07) is 15.0. The number of hydrogen-bond acceptors (Lipinski definition) is 2. The molecule has 1 heterocycles. The van der Waals surface area contributed by atoms with E-state index < -0.39 is 0 Å². The highest BCUT2D eigenvalue weighted by Gasteiger charge is 2.05. The lowest BCUT2D eigenvalue weighted by Gasteiger charge is -2.06. The largest absolute Gasteiger partial charge is 0.494 e. The van der Waals surface area contributed by atoms with Crippen molar-refractivity contribution in [3.05, 3.63) is 54.2 Å². The maximum absolute atomic E-state index is 5.97. The molecule has 0 bridgehead atoms. The van der Waals surface area contributed by atoms with Crippen LogP contribution in [0.5, 0.6) is 5.75 Å². The van der Waals surface area contributed by atoms with E-state index in [-0.39, 0.29) is 0 Å². The topological polar surface area (TPSA) is 27.1 Å². The molecule has 156 valence electrons. The second-order valence-electron chi connectivity index (χ2n) is 8.03. The van der Waals surface area contributed by atoms with Gasteiger partial charge in [0.2, 0.25) is 0 Å². The first-order valence-corrected chi connectivity index (χ1v) is 11.5. The highest BCUT2D eigenvalue weighted by molar-refractivity contribution is 5.80. The van der Waals surface area contributed by atoms with E-state index in [2.05, 4.69) is 56.4 Å². The molecule has 0 fully saturated rings. The van der Waals surface area contributed by atoms with Crippen LogP contribution >= 0.6 is 0 Å². The summed E-state index contributed by atoms with van der Waals surface area (Å²) in [5, 5.41) is 5.84. The van der Waals surface area contributed by atoms with Crippen molar-refractivity contribution in [2.24, 2.45) is 0 Å². The molecule has 29 heavy (non-hydrogen) atoms. The maximum Gasteiger partial charge on any atom is 0.120 e. The van der Waals surface area contributed by atoms with Crippen LogP contribution in [0.2, 0.25) is 0 Å². The van der Waals surface area contributed by atoms with Gasteiger partial charge in [0.1, 0.15) is 5.75 Å². The van der Waals surface area contributed by atoms with E-state index in [4.69, 9.17) is 9.84 Å². The van der Waals surface area contributed by atoms with Crippen LogP contribution in [-0.4, -0.2) is 16.4 Å². The Morgan fingerprint density at radius 2 is 1.52 bits per heavy atom. The molecule has 3 rings (SSSR count). The number of hydrogen-bond donors (Lipinski definition) is 0.